The molecule has 1 aromatic heterocycles. The largest absolute Gasteiger partial charge is 0.359 e. The van der Waals surface area contributed by atoms with E-state index in [9.17, 15) is 14.4 Å². The molecule has 0 aliphatic carbocycles. The van der Waals surface area contributed by atoms with E-state index in [4.69, 9.17) is 0 Å². The normalized spacial score (nSPS) is 15.1. The van der Waals surface area contributed by atoms with Crippen LogP contribution in [0.5, 0.6) is 0 Å². The summed E-state index contributed by atoms with van der Waals surface area (Å²) in [5.41, 5.74) is 2.34. The van der Waals surface area contributed by atoms with Crippen LogP contribution in [0.4, 0.5) is 10.1 Å². The maximum absolute atomic E-state index is 14.0. The van der Waals surface area contributed by atoms with Crippen LogP contribution in [0.3, 0.4) is 0 Å². The van der Waals surface area contributed by atoms with Gasteiger partial charge in [0.25, 0.3) is 0 Å². The number of halogens is 1. The lowest BCUT2D eigenvalue weighted by molar-refractivity contribution is -0.131. The summed E-state index contributed by atoms with van der Waals surface area (Å²) in [7, 11) is 0. The maximum atomic E-state index is 14.0. The van der Waals surface area contributed by atoms with E-state index in [1.807, 2.05) is 9.80 Å². The fourth-order valence-corrected chi connectivity index (χ4v) is 3.38. The van der Waals surface area contributed by atoms with Crippen molar-refractivity contribution in [2.24, 2.45) is 5.92 Å². The topological polar surface area (TPSA) is 60.2 Å². The zero-order chi connectivity index (χ0) is 18.1. The monoisotopic (exact) mass is 340 g/mol. The number of nitriles is 1. The molecule has 0 saturated carbocycles. The highest BCUT2D eigenvalue weighted by Gasteiger charge is 2.27. The van der Waals surface area contributed by atoms with Crippen molar-refractivity contribution in [2.75, 3.05) is 31.1 Å². The Morgan fingerprint density at radius 2 is 2.12 bits per heavy atom. The Morgan fingerprint density at radius 3 is 2.76 bits per heavy atom. The van der Waals surface area contributed by atoms with Crippen molar-refractivity contribution in [1.29, 1.82) is 5.26 Å². The molecule has 0 unspecified atom stereocenters. The average Bonchev–Trinajstić information content (AvgIpc) is 2.55. The SMILES string of the molecule is Cc1cc(F)cc2c(N3CCN(CC(C)C)C(=O)C3)c(C#N)cnc12. The molecule has 0 atom stereocenters. The third-order valence-electron chi connectivity index (χ3n) is 4.44. The van der Waals surface area contributed by atoms with Gasteiger partial charge in [0.2, 0.25) is 5.91 Å². The lowest BCUT2D eigenvalue weighted by atomic mass is 10.0. The summed E-state index contributed by atoms with van der Waals surface area (Å²) < 4.78 is 14.0. The summed E-state index contributed by atoms with van der Waals surface area (Å²) in [6, 6.07) is 4.96. The molecule has 1 amide bonds. The number of nitrogens with zero attached hydrogens (tertiary/aromatic N) is 4. The van der Waals surface area contributed by atoms with Crippen LogP contribution < -0.4 is 4.90 Å². The quantitative estimate of drug-likeness (QED) is 0.862. The molecule has 2 aromatic rings. The first kappa shape index (κ1) is 17.2. The summed E-state index contributed by atoms with van der Waals surface area (Å²) in [6.07, 6.45) is 1.51. The van der Waals surface area contributed by atoms with Crippen molar-refractivity contribution >= 4 is 22.5 Å². The number of hydrogen-bond acceptors (Lipinski definition) is 4. The van der Waals surface area contributed by atoms with E-state index in [1.165, 1.54) is 18.3 Å². The van der Waals surface area contributed by atoms with Crippen molar-refractivity contribution in [2.45, 2.75) is 20.8 Å². The molecule has 5 nitrogen and oxygen atoms in total. The maximum Gasteiger partial charge on any atom is 0.242 e. The number of aryl methyl sites for hydroxylation is 1. The average molecular weight is 340 g/mol. The number of aromatic nitrogens is 1. The minimum absolute atomic E-state index is 0.0296. The third kappa shape index (κ3) is 3.27. The molecule has 0 N–H and O–H groups in total. The van der Waals surface area contributed by atoms with Gasteiger partial charge < -0.3 is 9.80 Å². The van der Waals surface area contributed by atoms with Gasteiger partial charge in [-0.2, -0.15) is 5.26 Å². The van der Waals surface area contributed by atoms with Gasteiger partial charge in [-0.05, 0) is 30.5 Å². The number of anilines is 1. The van der Waals surface area contributed by atoms with E-state index >= 15 is 0 Å². The van der Waals surface area contributed by atoms with Gasteiger partial charge in [0, 0.05) is 31.2 Å². The van der Waals surface area contributed by atoms with Crippen molar-refractivity contribution in [3.8, 4) is 6.07 Å². The first-order chi connectivity index (χ1) is 11.9. The van der Waals surface area contributed by atoms with Gasteiger partial charge in [0.1, 0.15) is 11.9 Å². The van der Waals surface area contributed by atoms with E-state index in [0.29, 0.717) is 46.7 Å². The van der Waals surface area contributed by atoms with E-state index in [1.54, 1.807) is 6.92 Å². The second-order valence-electron chi connectivity index (χ2n) is 6.91. The van der Waals surface area contributed by atoms with Crippen molar-refractivity contribution in [1.82, 2.24) is 9.88 Å². The smallest absolute Gasteiger partial charge is 0.242 e. The Hall–Kier alpha value is -2.68. The molecule has 0 spiro atoms. The Bertz CT molecular complexity index is 872. The minimum Gasteiger partial charge on any atom is -0.359 e. The van der Waals surface area contributed by atoms with E-state index in [2.05, 4.69) is 24.9 Å². The van der Waals surface area contributed by atoms with E-state index in [-0.39, 0.29) is 18.3 Å². The van der Waals surface area contributed by atoms with Gasteiger partial charge in [0.15, 0.2) is 0 Å². The standard InChI is InChI=1S/C19H21FN4O/c1-12(2)10-23-4-5-24(11-17(23)25)19-14(8-21)9-22-18-13(3)6-15(20)7-16(18)19/h6-7,9,12H,4-5,10-11H2,1-3H3. The lowest BCUT2D eigenvalue weighted by Gasteiger charge is -2.37. The van der Waals surface area contributed by atoms with E-state index < -0.39 is 0 Å². The third-order valence-corrected chi connectivity index (χ3v) is 4.44. The summed E-state index contributed by atoms with van der Waals surface area (Å²) >= 11 is 0. The molecular weight excluding hydrogens is 319 g/mol. The summed E-state index contributed by atoms with van der Waals surface area (Å²) in [5.74, 6) is 0.0681. The number of amides is 1. The van der Waals surface area contributed by atoms with Gasteiger partial charge in [-0.25, -0.2) is 4.39 Å². The molecule has 130 valence electrons. The van der Waals surface area contributed by atoms with Crippen LogP contribution in [-0.4, -0.2) is 42.0 Å². The molecule has 25 heavy (non-hydrogen) atoms. The van der Waals surface area contributed by atoms with Gasteiger partial charge >= 0.3 is 0 Å². The molecule has 0 radical (unpaired) electrons. The number of piperazine rings is 1. The lowest BCUT2D eigenvalue weighted by Crippen LogP contribution is -2.51. The molecule has 1 fully saturated rings. The van der Waals surface area contributed by atoms with Crippen molar-refractivity contribution < 1.29 is 9.18 Å². The zero-order valence-corrected chi connectivity index (χ0v) is 14.7. The Labute approximate surface area is 146 Å². The molecule has 0 bridgehead atoms. The van der Waals surface area contributed by atoms with E-state index in [0.717, 1.165) is 6.54 Å². The highest BCUT2D eigenvalue weighted by molar-refractivity contribution is 5.98. The van der Waals surface area contributed by atoms with Gasteiger partial charge in [0.05, 0.1) is 23.3 Å². The Morgan fingerprint density at radius 1 is 1.36 bits per heavy atom. The Kier molecular flexibility index (Phi) is 4.58. The predicted octanol–water partition coefficient (Wildman–Crippen LogP) is 2.86. The first-order valence-electron chi connectivity index (χ1n) is 8.42. The fourth-order valence-electron chi connectivity index (χ4n) is 3.38. The number of carbonyl (C=O) groups excluding carboxylic acids is 1. The van der Waals surface area contributed by atoms with Crippen molar-refractivity contribution in [3.63, 3.8) is 0 Å². The van der Waals surface area contributed by atoms with Crippen LogP contribution in [0.2, 0.25) is 0 Å². The molecule has 1 aliphatic heterocycles. The summed E-state index contributed by atoms with van der Waals surface area (Å²) in [6.45, 7) is 8.07. The number of benzene rings is 1. The number of fused-ring (bicyclic) bond motifs is 1. The zero-order valence-electron chi connectivity index (χ0n) is 14.7. The molecular formula is C19H21FN4O. The molecule has 6 heteroatoms. The van der Waals surface area contributed by atoms with Gasteiger partial charge in [-0.15, -0.1) is 0 Å². The van der Waals surface area contributed by atoms with Crippen molar-refractivity contribution in [3.05, 3.63) is 35.3 Å². The fraction of sp³-hybridized carbons (Fsp3) is 0.421. The van der Waals surface area contributed by atoms with Crippen LogP contribution in [0.15, 0.2) is 18.3 Å². The van der Waals surface area contributed by atoms with Gasteiger partial charge in [-0.3, -0.25) is 9.78 Å². The van der Waals surface area contributed by atoms with Gasteiger partial charge in [-0.1, -0.05) is 13.8 Å². The number of carbonyl (C=O) groups is 1. The van der Waals surface area contributed by atoms with Crippen LogP contribution >= 0.6 is 0 Å². The van der Waals surface area contributed by atoms with Crippen LogP contribution in [-0.2, 0) is 4.79 Å². The molecule has 1 aliphatic rings. The Balaban J connectivity index is 2.04. The molecule has 1 saturated heterocycles. The second kappa shape index (κ2) is 6.67. The minimum atomic E-state index is -0.368. The van der Waals surface area contributed by atoms with Crippen LogP contribution in [0.25, 0.3) is 10.9 Å². The number of hydrogen-bond donors (Lipinski definition) is 0. The van der Waals surface area contributed by atoms with Crippen LogP contribution in [0.1, 0.15) is 25.0 Å². The molecule has 3 rings (SSSR count). The second-order valence-corrected chi connectivity index (χ2v) is 6.91. The first-order valence-corrected chi connectivity index (χ1v) is 8.42. The summed E-state index contributed by atoms with van der Waals surface area (Å²) in [4.78, 5) is 20.5. The number of pyridine rings is 1. The number of rotatable bonds is 3. The molecule has 2 heterocycles. The summed E-state index contributed by atoms with van der Waals surface area (Å²) in [5, 5.41) is 10.1. The van der Waals surface area contributed by atoms with Crippen LogP contribution in [0, 0.1) is 30.0 Å². The highest BCUT2D eigenvalue weighted by Crippen LogP contribution is 2.32. The highest BCUT2D eigenvalue weighted by atomic mass is 19.1. The molecule has 1 aromatic carbocycles. The predicted molar refractivity (Wildman–Crippen MR) is 94.8 cm³/mol.